The second-order valence-electron chi connectivity index (χ2n) is 6.63. The van der Waals surface area contributed by atoms with Crippen LogP contribution in [0.15, 0.2) is 55.2 Å². The summed E-state index contributed by atoms with van der Waals surface area (Å²) >= 11 is 0. The van der Waals surface area contributed by atoms with Crippen LogP contribution >= 0.6 is 0 Å². The maximum Gasteiger partial charge on any atom is 0.193 e. The predicted octanol–water partition coefficient (Wildman–Crippen LogP) is 4.56. The van der Waals surface area contributed by atoms with E-state index >= 15 is 0 Å². The first-order valence-corrected chi connectivity index (χ1v) is 8.78. The number of carbonyl (C=O) groups is 1. The molecule has 0 atom stereocenters. The average molecular weight is 335 g/mol. The van der Waals surface area contributed by atoms with Gasteiger partial charge in [-0.3, -0.25) is 4.79 Å². The molecule has 1 heterocycles. The number of piperidine rings is 1. The smallest absolute Gasteiger partial charge is 0.193 e. The molecule has 3 nitrogen and oxygen atoms in total. The van der Waals surface area contributed by atoms with Gasteiger partial charge in [0, 0.05) is 24.2 Å². The molecule has 0 saturated carbocycles. The third kappa shape index (κ3) is 3.76. The molecule has 0 spiro atoms. The average Bonchev–Trinajstić information content (AvgIpc) is 2.68. The predicted molar refractivity (Wildman–Crippen MR) is 101 cm³/mol. The van der Waals surface area contributed by atoms with Gasteiger partial charge in [-0.2, -0.15) is 0 Å². The van der Waals surface area contributed by atoms with Crippen molar-refractivity contribution in [2.45, 2.75) is 25.7 Å². The van der Waals surface area contributed by atoms with Crippen molar-refractivity contribution in [3.05, 3.63) is 77.5 Å². The van der Waals surface area contributed by atoms with E-state index < -0.39 is 0 Å². The Morgan fingerprint density at radius 1 is 1.12 bits per heavy atom. The Hall–Kier alpha value is -2.55. The molecule has 2 aromatic carbocycles. The van der Waals surface area contributed by atoms with E-state index in [1.807, 2.05) is 43.5 Å². The zero-order valence-electron chi connectivity index (χ0n) is 15.0. The number of ether oxygens (including phenoxy) is 1. The molecule has 3 heteroatoms. The maximum atomic E-state index is 12.7. The van der Waals surface area contributed by atoms with E-state index in [4.69, 9.17) is 4.74 Å². The lowest BCUT2D eigenvalue weighted by Crippen LogP contribution is -2.28. The molecule has 3 rings (SSSR count). The molecule has 0 amide bonds. The van der Waals surface area contributed by atoms with E-state index in [1.54, 1.807) is 7.11 Å². The van der Waals surface area contributed by atoms with Crippen molar-refractivity contribution < 1.29 is 9.53 Å². The lowest BCUT2D eigenvalue weighted by atomic mass is 9.88. The van der Waals surface area contributed by atoms with Crippen LogP contribution < -0.4 is 4.74 Å². The second-order valence-corrected chi connectivity index (χ2v) is 6.63. The van der Waals surface area contributed by atoms with Crippen LogP contribution in [0.4, 0.5) is 0 Å². The van der Waals surface area contributed by atoms with Crippen molar-refractivity contribution in [3.8, 4) is 5.75 Å². The van der Waals surface area contributed by atoms with Gasteiger partial charge in [-0.25, -0.2) is 0 Å². The summed E-state index contributed by atoms with van der Waals surface area (Å²) in [6.45, 7) is 7.92. The number of carbonyl (C=O) groups excluding carboxylic acids is 1. The fraction of sp³-hybridized carbons (Fsp3) is 0.318. The number of hydrogen-bond acceptors (Lipinski definition) is 3. The SMILES string of the molecule is C=CN1CCC(c2ccc(C(=O)c3ccc(C)c(OC)c3)cc2)CC1. The summed E-state index contributed by atoms with van der Waals surface area (Å²) in [5.41, 5.74) is 3.73. The minimum atomic E-state index is 0.0336. The number of methoxy groups -OCH3 is 1. The lowest BCUT2D eigenvalue weighted by molar-refractivity contribution is 0.103. The molecule has 1 aliphatic heterocycles. The number of hydrogen-bond donors (Lipinski definition) is 0. The fourth-order valence-corrected chi connectivity index (χ4v) is 3.45. The number of benzene rings is 2. The first kappa shape index (κ1) is 17.3. The van der Waals surface area contributed by atoms with Crippen LogP contribution in [0, 0.1) is 6.92 Å². The summed E-state index contributed by atoms with van der Waals surface area (Å²) < 4.78 is 5.32. The highest BCUT2D eigenvalue weighted by Crippen LogP contribution is 2.29. The van der Waals surface area contributed by atoms with E-state index in [9.17, 15) is 4.79 Å². The molecule has 2 aromatic rings. The highest BCUT2D eigenvalue weighted by atomic mass is 16.5. The molecule has 1 aliphatic rings. The molecule has 1 saturated heterocycles. The molecule has 0 unspecified atom stereocenters. The maximum absolute atomic E-state index is 12.7. The molecule has 0 bridgehead atoms. The van der Waals surface area contributed by atoms with Crippen molar-refractivity contribution in [2.75, 3.05) is 20.2 Å². The van der Waals surface area contributed by atoms with Gasteiger partial charge in [0.2, 0.25) is 0 Å². The normalized spacial score (nSPS) is 15.0. The van der Waals surface area contributed by atoms with Gasteiger partial charge >= 0.3 is 0 Å². The van der Waals surface area contributed by atoms with Gasteiger partial charge in [0.05, 0.1) is 7.11 Å². The van der Waals surface area contributed by atoms with Crippen LogP contribution in [0.1, 0.15) is 45.8 Å². The molecule has 0 aliphatic carbocycles. The number of nitrogens with zero attached hydrogens (tertiary/aromatic N) is 1. The third-order valence-electron chi connectivity index (χ3n) is 5.10. The number of aryl methyl sites for hydroxylation is 1. The third-order valence-corrected chi connectivity index (χ3v) is 5.10. The molecule has 130 valence electrons. The summed E-state index contributed by atoms with van der Waals surface area (Å²) in [5.74, 6) is 1.35. The lowest BCUT2D eigenvalue weighted by Gasteiger charge is -2.31. The molecular weight excluding hydrogens is 310 g/mol. The van der Waals surface area contributed by atoms with Crippen molar-refractivity contribution in [1.82, 2.24) is 4.90 Å². The molecule has 0 aromatic heterocycles. The Morgan fingerprint density at radius 2 is 1.76 bits per heavy atom. The zero-order chi connectivity index (χ0) is 17.8. The highest BCUT2D eigenvalue weighted by Gasteiger charge is 2.19. The molecular formula is C22H25NO2. The minimum absolute atomic E-state index is 0.0336. The van der Waals surface area contributed by atoms with Crippen molar-refractivity contribution in [2.24, 2.45) is 0 Å². The van der Waals surface area contributed by atoms with E-state index in [-0.39, 0.29) is 5.78 Å². The Balaban J connectivity index is 1.74. The van der Waals surface area contributed by atoms with E-state index in [2.05, 4.69) is 23.6 Å². The standard InChI is InChI=1S/C22H25NO2/c1-4-23-13-11-18(12-14-23)17-7-9-19(10-8-17)22(24)20-6-5-16(2)21(15-20)25-3/h4-10,15,18H,1,11-14H2,2-3H3. The van der Waals surface area contributed by atoms with E-state index in [1.165, 1.54) is 5.56 Å². The molecule has 0 N–H and O–H groups in total. The van der Waals surface area contributed by atoms with Gasteiger partial charge in [0.15, 0.2) is 5.78 Å². The van der Waals surface area contributed by atoms with Gasteiger partial charge in [0.25, 0.3) is 0 Å². The summed E-state index contributed by atoms with van der Waals surface area (Å²) in [4.78, 5) is 15.0. The Kier molecular flexibility index (Phi) is 5.22. The summed E-state index contributed by atoms with van der Waals surface area (Å²) in [7, 11) is 1.63. The number of likely N-dealkylation sites (tertiary alicyclic amines) is 1. The van der Waals surface area contributed by atoms with Crippen LogP contribution in [0.3, 0.4) is 0 Å². The van der Waals surface area contributed by atoms with Crippen molar-refractivity contribution in [1.29, 1.82) is 0 Å². The highest BCUT2D eigenvalue weighted by molar-refractivity contribution is 6.09. The van der Waals surface area contributed by atoms with Crippen LogP contribution in [-0.2, 0) is 0 Å². The quantitative estimate of drug-likeness (QED) is 0.750. The molecule has 0 radical (unpaired) electrons. The first-order valence-electron chi connectivity index (χ1n) is 8.78. The Morgan fingerprint density at radius 3 is 2.36 bits per heavy atom. The van der Waals surface area contributed by atoms with Crippen molar-refractivity contribution >= 4 is 5.78 Å². The number of ketones is 1. The van der Waals surface area contributed by atoms with Crippen LogP contribution in [0.25, 0.3) is 0 Å². The zero-order valence-corrected chi connectivity index (χ0v) is 15.0. The topological polar surface area (TPSA) is 29.5 Å². The second kappa shape index (κ2) is 7.56. The van der Waals surface area contributed by atoms with Gasteiger partial charge < -0.3 is 9.64 Å². The Bertz CT molecular complexity index is 756. The van der Waals surface area contributed by atoms with Crippen LogP contribution in [0.5, 0.6) is 5.75 Å². The van der Waals surface area contributed by atoms with E-state index in [0.29, 0.717) is 11.5 Å². The van der Waals surface area contributed by atoms with Gasteiger partial charge in [-0.05, 0) is 49.1 Å². The van der Waals surface area contributed by atoms with Crippen molar-refractivity contribution in [3.63, 3.8) is 0 Å². The summed E-state index contributed by atoms with van der Waals surface area (Å²) in [5, 5.41) is 0. The van der Waals surface area contributed by atoms with Gasteiger partial charge in [0.1, 0.15) is 5.75 Å². The summed E-state index contributed by atoms with van der Waals surface area (Å²) in [6, 6.07) is 13.7. The van der Waals surface area contributed by atoms with E-state index in [0.717, 1.165) is 42.8 Å². The van der Waals surface area contributed by atoms with Gasteiger partial charge in [-0.15, -0.1) is 0 Å². The first-order chi connectivity index (χ1) is 12.1. The largest absolute Gasteiger partial charge is 0.496 e. The fourth-order valence-electron chi connectivity index (χ4n) is 3.45. The van der Waals surface area contributed by atoms with Crippen LogP contribution in [0.2, 0.25) is 0 Å². The van der Waals surface area contributed by atoms with Crippen LogP contribution in [-0.4, -0.2) is 30.9 Å². The Labute approximate surface area is 149 Å². The monoisotopic (exact) mass is 335 g/mol. The van der Waals surface area contributed by atoms with Gasteiger partial charge in [-0.1, -0.05) is 43.0 Å². The minimum Gasteiger partial charge on any atom is -0.496 e. The summed E-state index contributed by atoms with van der Waals surface area (Å²) in [6.07, 6.45) is 4.19. The molecule has 25 heavy (non-hydrogen) atoms. The number of rotatable bonds is 5. The molecule has 1 fully saturated rings.